The van der Waals surface area contributed by atoms with Gasteiger partial charge in [-0.15, -0.1) is 10.2 Å². The van der Waals surface area contributed by atoms with Gasteiger partial charge in [0.1, 0.15) is 0 Å². The molecule has 1 aliphatic rings. The van der Waals surface area contributed by atoms with E-state index in [2.05, 4.69) is 31.0 Å². The highest BCUT2D eigenvalue weighted by molar-refractivity contribution is 9.10. The first-order valence-corrected chi connectivity index (χ1v) is 10.9. The molecule has 3 aromatic rings. The zero-order valence-electron chi connectivity index (χ0n) is 17.2. The van der Waals surface area contributed by atoms with Crippen LogP contribution in [0, 0.1) is 0 Å². The number of amides is 1. The summed E-state index contributed by atoms with van der Waals surface area (Å²) >= 11 is 3.52. The lowest BCUT2D eigenvalue weighted by molar-refractivity contribution is -0.138. The minimum Gasteiger partial charge on any atom is -0.419 e. The van der Waals surface area contributed by atoms with Crippen LogP contribution in [0.4, 0.5) is 0 Å². The molecule has 0 spiro atoms. The molecule has 2 heterocycles. The van der Waals surface area contributed by atoms with Crippen LogP contribution in [0.1, 0.15) is 25.3 Å². The second-order valence-electron chi connectivity index (χ2n) is 8.04. The van der Waals surface area contributed by atoms with Crippen LogP contribution in [0.3, 0.4) is 0 Å². The summed E-state index contributed by atoms with van der Waals surface area (Å²) in [7, 11) is 0. The van der Waals surface area contributed by atoms with E-state index in [0.717, 1.165) is 28.7 Å². The second kappa shape index (κ2) is 8.70. The molecule has 0 N–H and O–H groups in total. The Labute approximate surface area is 185 Å². The van der Waals surface area contributed by atoms with Crippen molar-refractivity contribution in [2.75, 3.05) is 26.2 Å². The van der Waals surface area contributed by atoms with Crippen molar-refractivity contribution in [3.63, 3.8) is 0 Å². The number of hydrogen-bond acceptors (Lipinski definition) is 5. The molecule has 0 saturated carbocycles. The van der Waals surface area contributed by atoms with Crippen molar-refractivity contribution in [2.24, 2.45) is 0 Å². The maximum Gasteiger partial charge on any atom is 0.248 e. The third kappa shape index (κ3) is 4.32. The zero-order chi connectivity index (χ0) is 21.1. The summed E-state index contributed by atoms with van der Waals surface area (Å²) < 4.78 is 6.79. The standard InChI is InChI=1S/C23H25BrN4O2/c1-23(2,17-8-4-3-5-9-17)22(29)28-14-12-27(13-15-28)16-20-25-26-21(30-20)18-10-6-7-11-19(18)24/h3-11H,12-16H2,1-2H3. The van der Waals surface area contributed by atoms with Gasteiger partial charge in [0.2, 0.25) is 17.7 Å². The van der Waals surface area contributed by atoms with Gasteiger partial charge in [0.15, 0.2) is 0 Å². The molecule has 1 aromatic heterocycles. The van der Waals surface area contributed by atoms with Crippen LogP contribution >= 0.6 is 15.9 Å². The van der Waals surface area contributed by atoms with E-state index in [-0.39, 0.29) is 5.91 Å². The number of carbonyl (C=O) groups is 1. The Morgan fingerprint density at radius 1 is 1.00 bits per heavy atom. The average molecular weight is 469 g/mol. The molecule has 4 rings (SSSR count). The second-order valence-corrected chi connectivity index (χ2v) is 8.89. The fraction of sp³-hybridized carbons (Fsp3) is 0.348. The van der Waals surface area contributed by atoms with Gasteiger partial charge in [0.25, 0.3) is 0 Å². The van der Waals surface area contributed by atoms with Crippen molar-refractivity contribution in [3.8, 4) is 11.5 Å². The number of halogens is 1. The van der Waals surface area contributed by atoms with Crippen LogP contribution in [0.5, 0.6) is 0 Å². The van der Waals surface area contributed by atoms with Gasteiger partial charge in [-0.25, -0.2) is 0 Å². The van der Waals surface area contributed by atoms with E-state index in [9.17, 15) is 4.79 Å². The molecule has 0 radical (unpaired) electrons. The Bertz CT molecular complexity index is 1010. The first-order chi connectivity index (χ1) is 14.4. The monoisotopic (exact) mass is 468 g/mol. The zero-order valence-corrected chi connectivity index (χ0v) is 18.8. The summed E-state index contributed by atoms with van der Waals surface area (Å²) in [6.45, 7) is 7.53. The molecule has 0 unspecified atom stereocenters. The van der Waals surface area contributed by atoms with Gasteiger partial charge in [-0.2, -0.15) is 0 Å². The predicted molar refractivity (Wildman–Crippen MR) is 119 cm³/mol. The molecule has 0 aliphatic carbocycles. The summed E-state index contributed by atoms with van der Waals surface area (Å²) in [6, 6.07) is 17.8. The van der Waals surface area contributed by atoms with Gasteiger partial charge >= 0.3 is 0 Å². The van der Waals surface area contributed by atoms with Gasteiger partial charge in [0.05, 0.1) is 17.5 Å². The molecular weight excluding hydrogens is 444 g/mol. The molecule has 1 fully saturated rings. The van der Waals surface area contributed by atoms with Crippen molar-refractivity contribution < 1.29 is 9.21 Å². The summed E-state index contributed by atoms with van der Waals surface area (Å²) in [6.07, 6.45) is 0. The van der Waals surface area contributed by atoms with E-state index in [1.165, 1.54) is 0 Å². The van der Waals surface area contributed by atoms with Gasteiger partial charge in [-0.1, -0.05) is 42.5 Å². The van der Waals surface area contributed by atoms with Crippen molar-refractivity contribution in [1.29, 1.82) is 0 Å². The average Bonchev–Trinajstić information content (AvgIpc) is 3.23. The Balaban J connectivity index is 1.35. The van der Waals surface area contributed by atoms with E-state index >= 15 is 0 Å². The fourth-order valence-electron chi connectivity index (χ4n) is 3.73. The van der Waals surface area contributed by atoms with Crippen LogP contribution < -0.4 is 0 Å². The minimum absolute atomic E-state index is 0.169. The van der Waals surface area contributed by atoms with Gasteiger partial charge in [-0.05, 0) is 47.5 Å². The van der Waals surface area contributed by atoms with Gasteiger partial charge in [-0.3, -0.25) is 9.69 Å². The maximum atomic E-state index is 13.1. The molecule has 0 bridgehead atoms. The molecule has 6 nitrogen and oxygen atoms in total. The smallest absolute Gasteiger partial charge is 0.248 e. The highest BCUT2D eigenvalue weighted by Crippen LogP contribution is 2.28. The summed E-state index contributed by atoms with van der Waals surface area (Å²) in [5, 5.41) is 8.39. The van der Waals surface area contributed by atoms with Crippen molar-refractivity contribution in [2.45, 2.75) is 25.8 Å². The molecule has 7 heteroatoms. The van der Waals surface area contributed by atoms with Crippen LogP contribution in [0.15, 0.2) is 63.5 Å². The number of carbonyl (C=O) groups excluding carboxylic acids is 1. The van der Waals surface area contributed by atoms with Crippen LogP contribution in [-0.2, 0) is 16.8 Å². The Hall–Kier alpha value is -2.51. The minimum atomic E-state index is -0.534. The number of benzene rings is 2. The van der Waals surface area contributed by atoms with Gasteiger partial charge < -0.3 is 9.32 Å². The summed E-state index contributed by atoms with van der Waals surface area (Å²) in [5.74, 6) is 1.27. The number of rotatable bonds is 5. The molecule has 2 aromatic carbocycles. The van der Waals surface area contributed by atoms with E-state index in [0.29, 0.717) is 31.4 Å². The Morgan fingerprint density at radius 2 is 1.67 bits per heavy atom. The summed E-state index contributed by atoms with van der Waals surface area (Å²) in [5.41, 5.74) is 1.39. The lowest BCUT2D eigenvalue weighted by Gasteiger charge is -2.38. The Morgan fingerprint density at radius 3 is 2.37 bits per heavy atom. The summed E-state index contributed by atoms with van der Waals surface area (Å²) in [4.78, 5) is 17.3. The number of hydrogen-bond donors (Lipinski definition) is 0. The maximum absolute atomic E-state index is 13.1. The topological polar surface area (TPSA) is 62.5 Å². The molecule has 0 atom stereocenters. The first kappa shape index (κ1) is 20.8. The molecule has 156 valence electrons. The third-order valence-corrected chi connectivity index (χ3v) is 6.31. The number of nitrogens with zero attached hydrogens (tertiary/aromatic N) is 4. The molecule has 1 amide bonds. The van der Waals surface area contributed by atoms with Crippen molar-refractivity contribution in [1.82, 2.24) is 20.0 Å². The highest BCUT2D eigenvalue weighted by atomic mass is 79.9. The Kier molecular flexibility index (Phi) is 6.01. The normalized spacial score (nSPS) is 15.4. The SMILES string of the molecule is CC(C)(C(=O)N1CCN(Cc2nnc(-c3ccccc3Br)o2)CC1)c1ccccc1. The predicted octanol–water partition coefficient (Wildman–Crippen LogP) is 4.12. The largest absolute Gasteiger partial charge is 0.419 e. The lowest BCUT2D eigenvalue weighted by atomic mass is 9.83. The first-order valence-electron chi connectivity index (χ1n) is 10.1. The molecule has 30 heavy (non-hydrogen) atoms. The number of piperazine rings is 1. The van der Waals surface area contributed by atoms with E-state index < -0.39 is 5.41 Å². The van der Waals surface area contributed by atoms with Crippen LogP contribution in [0.2, 0.25) is 0 Å². The molecular formula is C23H25BrN4O2. The van der Waals surface area contributed by atoms with Crippen molar-refractivity contribution in [3.05, 3.63) is 70.5 Å². The quantitative estimate of drug-likeness (QED) is 0.563. The fourth-order valence-corrected chi connectivity index (χ4v) is 4.19. The highest BCUT2D eigenvalue weighted by Gasteiger charge is 2.35. The van der Waals surface area contributed by atoms with Crippen LogP contribution in [-0.4, -0.2) is 52.1 Å². The van der Waals surface area contributed by atoms with Crippen molar-refractivity contribution >= 4 is 21.8 Å². The van der Waals surface area contributed by atoms with E-state index in [4.69, 9.17) is 4.42 Å². The third-order valence-electron chi connectivity index (χ3n) is 5.62. The number of aromatic nitrogens is 2. The van der Waals surface area contributed by atoms with E-state index in [1.807, 2.05) is 73.3 Å². The molecule has 1 aliphatic heterocycles. The van der Waals surface area contributed by atoms with E-state index in [1.54, 1.807) is 0 Å². The lowest BCUT2D eigenvalue weighted by Crippen LogP contribution is -2.52. The molecule has 1 saturated heterocycles. The van der Waals surface area contributed by atoms with Gasteiger partial charge in [0, 0.05) is 30.7 Å². The van der Waals surface area contributed by atoms with Crippen LogP contribution in [0.25, 0.3) is 11.5 Å².